The van der Waals surface area contributed by atoms with E-state index in [0.717, 1.165) is 36.8 Å². The Hall–Kier alpha value is -1.32. The Labute approximate surface area is 105 Å². The van der Waals surface area contributed by atoms with Crippen molar-refractivity contribution in [2.24, 2.45) is 0 Å². The average Bonchev–Trinajstić information content (AvgIpc) is 2.36. The number of hydrogen-bond acceptors (Lipinski definition) is 2. The van der Waals surface area contributed by atoms with E-state index in [1.54, 1.807) is 0 Å². The molecule has 0 aliphatic carbocycles. The summed E-state index contributed by atoms with van der Waals surface area (Å²) in [6, 6.07) is 0. The number of benzene rings is 1. The van der Waals surface area contributed by atoms with Crippen molar-refractivity contribution in [1.29, 1.82) is 0 Å². The molecule has 0 spiro atoms. The molecule has 0 saturated heterocycles. The van der Waals surface area contributed by atoms with Crippen LogP contribution in [0.3, 0.4) is 0 Å². The predicted octanol–water partition coefficient (Wildman–Crippen LogP) is 3.39. The Bertz CT molecular complexity index is 454. The maximum Gasteiger partial charge on any atom is 0.204 e. The molecule has 0 bridgehead atoms. The van der Waals surface area contributed by atoms with Crippen LogP contribution in [-0.4, -0.2) is 12.2 Å². The van der Waals surface area contributed by atoms with Gasteiger partial charge in [0.1, 0.15) is 0 Å². The predicted molar refractivity (Wildman–Crippen MR) is 63.2 cm³/mol. The molecule has 1 aromatic carbocycles. The number of hydrogen-bond donors (Lipinski definition) is 0. The minimum absolute atomic E-state index is 0.0621. The number of ether oxygens (including phenoxy) is 2. The summed E-state index contributed by atoms with van der Waals surface area (Å²) in [6.07, 6.45) is 3.00. The molecule has 2 heterocycles. The second-order valence-electron chi connectivity index (χ2n) is 5.18. The van der Waals surface area contributed by atoms with E-state index in [-0.39, 0.29) is 23.7 Å². The van der Waals surface area contributed by atoms with Crippen molar-refractivity contribution in [3.63, 3.8) is 0 Å². The van der Waals surface area contributed by atoms with E-state index in [1.807, 2.05) is 13.8 Å². The molecular formula is C14H16F2O2. The van der Waals surface area contributed by atoms with Crippen molar-refractivity contribution in [3.05, 3.63) is 22.8 Å². The summed E-state index contributed by atoms with van der Waals surface area (Å²) in [4.78, 5) is 0. The lowest BCUT2D eigenvalue weighted by Gasteiger charge is -2.31. The van der Waals surface area contributed by atoms with E-state index in [1.165, 1.54) is 0 Å². The number of rotatable bonds is 0. The minimum atomic E-state index is -0.899. The van der Waals surface area contributed by atoms with E-state index in [2.05, 4.69) is 0 Å². The summed E-state index contributed by atoms with van der Waals surface area (Å²) in [5.74, 6) is -1.60. The molecule has 0 aromatic heterocycles. The summed E-state index contributed by atoms with van der Waals surface area (Å²) in [6.45, 7) is 3.75. The van der Waals surface area contributed by atoms with Crippen LogP contribution in [0, 0.1) is 11.6 Å². The minimum Gasteiger partial charge on any atom is -0.487 e. The first-order chi connectivity index (χ1) is 8.58. The van der Waals surface area contributed by atoms with Gasteiger partial charge in [0.05, 0.1) is 12.2 Å². The van der Waals surface area contributed by atoms with Gasteiger partial charge in [-0.15, -0.1) is 0 Å². The third-order valence-electron chi connectivity index (χ3n) is 3.74. The highest BCUT2D eigenvalue weighted by Gasteiger charge is 2.32. The first-order valence-electron chi connectivity index (χ1n) is 6.44. The van der Waals surface area contributed by atoms with Crippen molar-refractivity contribution in [2.45, 2.75) is 51.7 Å². The van der Waals surface area contributed by atoms with Crippen LogP contribution in [0.1, 0.15) is 37.8 Å². The van der Waals surface area contributed by atoms with Crippen LogP contribution in [0.25, 0.3) is 0 Å². The maximum absolute atomic E-state index is 14.0. The highest BCUT2D eigenvalue weighted by molar-refractivity contribution is 5.52. The molecule has 3 rings (SSSR count). The zero-order chi connectivity index (χ0) is 12.9. The molecule has 98 valence electrons. The van der Waals surface area contributed by atoms with Crippen LogP contribution < -0.4 is 9.47 Å². The van der Waals surface area contributed by atoms with Gasteiger partial charge in [0.2, 0.25) is 11.6 Å². The van der Waals surface area contributed by atoms with Crippen LogP contribution in [0.5, 0.6) is 11.5 Å². The molecular weight excluding hydrogens is 238 g/mol. The Morgan fingerprint density at radius 3 is 1.61 bits per heavy atom. The zero-order valence-corrected chi connectivity index (χ0v) is 10.6. The zero-order valence-electron chi connectivity index (χ0n) is 10.6. The van der Waals surface area contributed by atoms with E-state index >= 15 is 0 Å². The van der Waals surface area contributed by atoms with E-state index in [4.69, 9.17) is 9.47 Å². The van der Waals surface area contributed by atoms with Gasteiger partial charge in [-0.1, -0.05) is 0 Å². The van der Waals surface area contributed by atoms with Gasteiger partial charge in [-0.05, 0) is 39.5 Å². The van der Waals surface area contributed by atoms with E-state index in [9.17, 15) is 8.78 Å². The molecule has 0 N–H and O–H groups in total. The molecule has 2 aliphatic rings. The van der Waals surface area contributed by atoms with Crippen LogP contribution in [0.15, 0.2) is 0 Å². The number of halogens is 2. The molecule has 2 aliphatic heterocycles. The fourth-order valence-electron chi connectivity index (χ4n) is 2.73. The van der Waals surface area contributed by atoms with Crippen molar-refractivity contribution in [1.82, 2.24) is 0 Å². The first-order valence-corrected chi connectivity index (χ1v) is 6.44. The molecule has 2 nitrogen and oxygen atoms in total. The van der Waals surface area contributed by atoms with Crippen molar-refractivity contribution in [2.75, 3.05) is 0 Å². The molecule has 0 fully saturated rings. The van der Waals surface area contributed by atoms with Crippen LogP contribution >= 0.6 is 0 Å². The summed E-state index contributed by atoms with van der Waals surface area (Å²) in [5.41, 5.74) is 1.60. The highest BCUT2D eigenvalue weighted by atomic mass is 19.2. The Kier molecular flexibility index (Phi) is 2.68. The lowest BCUT2D eigenvalue weighted by molar-refractivity contribution is 0.160. The molecule has 0 amide bonds. The second-order valence-corrected chi connectivity index (χ2v) is 5.18. The van der Waals surface area contributed by atoms with Crippen molar-refractivity contribution >= 4 is 0 Å². The first kappa shape index (κ1) is 11.8. The molecule has 4 heteroatoms. The summed E-state index contributed by atoms with van der Waals surface area (Å²) < 4.78 is 38.9. The largest absolute Gasteiger partial charge is 0.487 e. The second kappa shape index (κ2) is 4.11. The van der Waals surface area contributed by atoms with Gasteiger partial charge in [-0.3, -0.25) is 0 Å². The quantitative estimate of drug-likeness (QED) is 0.706. The Morgan fingerprint density at radius 2 is 1.22 bits per heavy atom. The summed E-state index contributed by atoms with van der Waals surface area (Å²) in [7, 11) is 0. The molecule has 1 aromatic rings. The van der Waals surface area contributed by atoms with Gasteiger partial charge >= 0.3 is 0 Å². The topological polar surface area (TPSA) is 18.5 Å². The smallest absolute Gasteiger partial charge is 0.204 e. The lowest BCUT2D eigenvalue weighted by Crippen LogP contribution is -2.26. The third kappa shape index (κ3) is 1.66. The molecule has 0 saturated carbocycles. The fraction of sp³-hybridized carbons (Fsp3) is 0.571. The van der Waals surface area contributed by atoms with Crippen molar-refractivity contribution < 1.29 is 18.3 Å². The van der Waals surface area contributed by atoms with Gasteiger partial charge < -0.3 is 9.47 Å². The number of fused-ring (bicyclic) bond motifs is 3. The van der Waals surface area contributed by atoms with Crippen LogP contribution in [-0.2, 0) is 12.8 Å². The van der Waals surface area contributed by atoms with Crippen LogP contribution in [0.2, 0.25) is 0 Å². The van der Waals surface area contributed by atoms with Crippen molar-refractivity contribution in [3.8, 4) is 11.5 Å². The van der Waals surface area contributed by atoms with E-state index < -0.39 is 11.6 Å². The Morgan fingerprint density at radius 1 is 0.833 bits per heavy atom. The normalized spacial score (nSPS) is 25.8. The van der Waals surface area contributed by atoms with Gasteiger partial charge in [0, 0.05) is 11.1 Å². The highest BCUT2D eigenvalue weighted by Crippen LogP contribution is 2.43. The van der Waals surface area contributed by atoms with Gasteiger partial charge in [-0.25, -0.2) is 0 Å². The average molecular weight is 254 g/mol. The van der Waals surface area contributed by atoms with Gasteiger partial charge in [0.25, 0.3) is 0 Å². The molecule has 2 atom stereocenters. The molecule has 0 radical (unpaired) electrons. The molecule has 2 unspecified atom stereocenters. The maximum atomic E-state index is 14.0. The summed E-state index contributed by atoms with van der Waals surface area (Å²) in [5, 5.41) is 0. The Balaban J connectivity index is 2.18. The molecule has 18 heavy (non-hydrogen) atoms. The standard InChI is InChI=1S/C14H16F2O2/c1-7-3-5-9-10-6-4-8(2)18-14(10)12(16)11(15)13(9)17-7/h7-8H,3-6H2,1-2H3. The van der Waals surface area contributed by atoms with Crippen LogP contribution in [0.4, 0.5) is 8.78 Å². The van der Waals surface area contributed by atoms with Gasteiger partial charge in [0.15, 0.2) is 11.5 Å². The monoisotopic (exact) mass is 254 g/mol. The van der Waals surface area contributed by atoms with E-state index in [0.29, 0.717) is 0 Å². The van der Waals surface area contributed by atoms with Gasteiger partial charge in [-0.2, -0.15) is 8.78 Å². The summed E-state index contributed by atoms with van der Waals surface area (Å²) >= 11 is 0. The SMILES string of the molecule is CC1CCc2c3c(c(F)c(F)c2O1)OC(C)CC3. The lowest BCUT2D eigenvalue weighted by atomic mass is 9.91. The third-order valence-corrected chi connectivity index (χ3v) is 3.74. The fourth-order valence-corrected chi connectivity index (χ4v) is 2.73.